The van der Waals surface area contributed by atoms with Crippen LogP contribution in [-0.2, 0) is 0 Å². The van der Waals surface area contributed by atoms with Crippen molar-refractivity contribution in [2.75, 3.05) is 0 Å². The summed E-state index contributed by atoms with van der Waals surface area (Å²) in [7, 11) is 0. The molecule has 0 fully saturated rings. The molecular formula is CHO3Sm-. The first-order valence-corrected chi connectivity index (χ1v) is 0.632. The zero-order valence-electron chi connectivity index (χ0n) is 2.17. The molecule has 0 radical (unpaired) electrons. The quantitative estimate of drug-likeness (QED) is 0.552. The maximum absolute atomic E-state index is 8.44. The van der Waals surface area contributed by atoms with Gasteiger partial charge < -0.3 is 15.0 Å². The summed E-state index contributed by atoms with van der Waals surface area (Å²) in [5.41, 5.74) is 0. The monoisotopic (exact) mass is 213 g/mol. The second kappa shape index (κ2) is 4.61. The zero-order chi connectivity index (χ0) is 3.58. The van der Waals surface area contributed by atoms with Gasteiger partial charge in [-0.25, -0.2) is 0 Å². The van der Waals surface area contributed by atoms with Crippen LogP contribution in [0.5, 0.6) is 0 Å². The van der Waals surface area contributed by atoms with E-state index in [9.17, 15) is 0 Å². The summed E-state index contributed by atoms with van der Waals surface area (Å²) in [5.74, 6) is 0. The molecule has 3 nitrogen and oxygen atoms in total. The minimum atomic E-state index is -2.08. The van der Waals surface area contributed by atoms with Crippen molar-refractivity contribution in [1.82, 2.24) is 0 Å². The van der Waals surface area contributed by atoms with E-state index in [4.69, 9.17) is 15.0 Å². The number of carbonyl (C=O) groups is 1. The number of hydrogen-bond acceptors (Lipinski definition) is 2. The topological polar surface area (TPSA) is 60.4 Å². The van der Waals surface area contributed by atoms with Crippen molar-refractivity contribution in [1.29, 1.82) is 0 Å². The molecule has 1 N–H and O–H groups in total. The molecule has 0 unspecified atom stereocenters. The maximum atomic E-state index is 8.44. The molecule has 0 bridgehead atoms. The van der Waals surface area contributed by atoms with Gasteiger partial charge in [-0.3, -0.25) is 0 Å². The first-order valence-electron chi connectivity index (χ1n) is 0.632. The number of carboxylic acid groups (broad SMARTS) is 2. The van der Waals surface area contributed by atoms with Gasteiger partial charge in [-0.2, -0.15) is 0 Å². The first-order chi connectivity index (χ1) is 1.73. The van der Waals surface area contributed by atoms with E-state index in [1.807, 2.05) is 0 Å². The molecule has 0 aromatic carbocycles. The molecule has 0 aliphatic carbocycles. The molecule has 0 saturated heterocycles. The van der Waals surface area contributed by atoms with E-state index in [0.717, 1.165) is 0 Å². The van der Waals surface area contributed by atoms with E-state index in [1.165, 1.54) is 0 Å². The van der Waals surface area contributed by atoms with Crippen molar-refractivity contribution < 1.29 is 55.4 Å². The van der Waals surface area contributed by atoms with Gasteiger partial charge in [0.15, 0.2) is 0 Å². The van der Waals surface area contributed by atoms with Gasteiger partial charge in [0, 0.05) is 40.4 Å². The Morgan fingerprint density at radius 1 is 1.80 bits per heavy atom. The van der Waals surface area contributed by atoms with Crippen LogP contribution >= 0.6 is 0 Å². The van der Waals surface area contributed by atoms with Crippen LogP contribution in [0.3, 0.4) is 0 Å². The molecule has 0 aliphatic heterocycles. The average molecular weight is 211 g/mol. The third kappa shape index (κ3) is 84.9. The SMILES string of the molecule is O=C([O-])O.[Sm]. The van der Waals surface area contributed by atoms with E-state index in [1.54, 1.807) is 0 Å². The van der Waals surface area contributed by atoms with Crippen molar-refractivity contribution in [3.63, 3.8) is 0 Å². The normalized spacial score (nSPS) is 4.80. The maximum Gasteiger partial charge on any atom is 0.249 e. The van der Waals surface area contributed by atoms with Gasteiger partial charge in [-0.15, -0.1) is 0 Å². The van der Waals surface area contributed by atoms with Crippen LogP contribution in [-0.4, -0.2) is 11.3 Å². The Kier molecular flexibility index (Phi) is 8.43. The predicted molar refractivity (Wildman–Crippen MR) is 8.02 cm³/mol. The second-order valence-electron chi connectivity index (χ2n) is 0.266. The molecule has 0 rings (SSSR count). The Bertz CT molecular complexity index is 29.9. The zero-order valence-corrected chi connectivity index (χ0v) is 4.79. The molecule has 0 atom stereocenters. The van der Waals surface area contributed by atoms with E-state index in [2.05, 4.69) is 0 Å². The Morgan fingerprint density at radius 3 is 1.80 bits per heavy atom. The molecule has 0 aliphatic rings. The molecule has 0 amide bonds. The minimum absolute atomic E-state index is 0. The van der Waals surface area contributed by atoms with Crippen LogP contribution in [0.25, 0.3) is 0 Å². The smallest absolute Gasteiger partial charge is 0.249 e. The van der Waals surface area contributed by atoms with Gasteiger partial charge in [-0.1, -0.05) is 0 Å². The summed E-state index contributed by atoms with van der Waals surface area (Å²) in [5, 5.41) is 15.3. The summed E-state index contributed by atoms with van der Waals surface area (Å²) in [4.78, 5) is 8.44. The number of rotatable bonds is 0. The summed E-state index contributed by atoms with van der Waals surface area (Å²) in [6, 6.07) is 0. The van der Waals surface area contributed by atoms with E-state index in [-0.39, 0.29) is 40.4 Å². The van der Waals surface area contributed by atoms with Gasteiger partial charge in [-0.05, 0) is 0 Å². The predicted octanol–water partition coefficient (Wildman–Crippen LogP) is -1.11. The van der Waals surface area contributed by atoms with Crippen LogP contribution in [0.4, 0.5) is 4.79 Å². The molecule has 4 heteroatoms. The molecule has 5 heavy (non-hydrogen) atoms. The van der Waals surface area contributed by atoms with E-state index >= 15 is 0 Å². The molecular weight excluding hydrogens is 210 g/mol. The summed E-state index contributed by atoms with van der Waals surface area (Å²) in [6.07, 6.45) is -2.08. The van der Waals surface area contributed by atoms with Crippen LogP contribution in [0.15, 0.2) is 0 Å². The van der Waals surface area contributed by atoms with Crippen molar-refractivity contribution in [2.45, 2.75) is 0 Å². The second-order valence-corrected chi connectivity index (χ2v) is 0.266. The summed E-state index contributed by atoms with van der Waals surface area (Å²) in [6.45, 7) is 0. The van der Waals surface area contributed by atoms with Gasteiger partial charge in [0.25, 0.3) is 0 Å². The Morgan fingerprint density at radius 2 is 1.80 bits per heavy atom. The van der Waals surface area contributed by atoms with Crippen LogP contribution in [0.2, 0.25) is 0 Å². The molecule has 30 valence electrons. The van der Waals surface area contributed by atoms with Gasteiger partial charge in [0.1, 0.15) is 0 Å². The van der Waals surface area contributed by atoms with Crippen molar-refractivity contribution in [2.24, 2.45) is 0 Å². The van der Waals surface area contributed by atoms with Crippen LogP contribution in [0.1, 0.15) is 0 Å². The first kappa shape index (κ1) is 9.15. The van der Waals surface area contributed by atoms with Gasteiger partial charge >= 0.3 is 0 Å². The standard InChI is InChI=1S/CH2O3.Sm/c2-1(3)4;/h(H2,2,3,4);/p-1. The van der Waals surface area contributed by atoms with Gasteiger partial charge in [0.05, 0.1) is 0 Å². The third-order valence-corrected chi connectivity index (χ3v) is 0. The van der Waals surface area contributed by atoms with Gasteiger partial charge in [0.2, 0.25) is 6.16 Å². The fraction of sp³-hybridized carbons (Fsp3) is 0. The van der Waals surface area contributed by atoms with Crippen molar-refractivity contribution in [3.8, 4) is 0 Å². The third-order valence-electron chi connectivity index (χ3n) is 0. The van der Waals surface area contributed by atoms with Crippen LogP contribution in [0, 0.1) is 40.4 Å². The van der Waals surface area contributed by atoms with E-state index < -0.39 is 6.16 Å². The fourth-order valence-electron chi connectivity index (χ4n) is 0. The molecule has 0 aromatic rings. The number of hydrogen-bond donors (Lipinski definition) is 1. The molecule has 0 saturated carbocycles. The minimum Gasteiger partial charge on any atom is -0.565 e. The Labute approximate surface area is 61.1 Å². The summed E-state index contributed by atoms with van der Waals surface area (Å²) < 4.78 is 0. The average Bonchev–Trinajstić information content (AvgIpc) is 0.811. The van der Waals surface area contributed by atoms with Crippen molar-refractivity contribution in [3.05, 3.63) is 0 Å². The molecule has 0 aromatic heterocycles. The van der Waals surface area contributed by atoms with Crippen molar-refractivity contribution >= 4 is 6.16 Å². The molecule has 0 spiro atoms. The molecule has 0 heterocycles. The van der Waals surface area contributed by atoms with E-state index in [0.29, 0.717) is 0 Å². The summed E-state index contributed by atoms with van der Waals surface area (Å²) >= 11 is 0. The van der Waals surface area contributed by atoms with Crippen LogP contribution < -0.4 is 5.11 Å². The largest absolute Gasteiger partial charge is 0.565 e. The Balaban J connectivity index is 0. The Hall–Kier alpha value is 0.608. The fourth-order valence-corrected chi connectivity index (χ4v) is 0.